The number of aryl methyl sites for hydroxylation is 1. The Labute approximate surface area is 230 Å². The number of imide groups is 2. The van der Waals surface area contributed by atoms with Crippen molar-refractivity contribution in [1.29, 1.82) is 0 Å². The summed E-state index contributed by atoms with van der Waals surface area (Å²) in [4.78, 5) is 49.7. The molecule has 4 amide bonds. The van der Waals surface area contributed by atoms with E-state index in [9.17, 15) is 24.5 Å². The molecule has 0 unspecified atom stereocenters. The molecule has 0 bridgehead atoms. The molecule has 10 nitrogen and oxygen atoms in total. The van der Waals surface area contributed by atoms with E-state index < -0.39 is 22.8 Å². The molecule has 0 spiro atoms. The number of non-ortho nitro benzene ring substituents is 1. The lowest BCUT2D eigenvalue weighted by molar-refractivity contribution is -0.384. The number of nitrogens with zero attached hydrogens (tertiary/aromatic N) is 2. The van der Waals surface area contributed by atoms with Crippen molar-refractivity contribution in [1.82, 2.24) is 5.32 Å². The van der Waals surface area contributed by atoms with Crippen molar-refractivity contribution in [2.75, 3.05) is 11.5 Å². The number of nitro groups is 1. The maximum absolute atomic E-state index is 13.3. The summed E-state index contributed by atoms with van der Waals surface area (Å²) in [5, 5.41) is 13.1. The van der Waals surface area contributed by atoms with Gasteiger partial charge in [-0.2, -0.15) is 0 Å². The van der Waals surface area contributed by atoms with Crippen molar-refractivity contribution in [2.24, 2.45) is 0 Å². The van der Waals surface area contributed by atoms with Crippen LogP contribution in [0, 0.1) is 17.0 Å². The lowest BCUT2D eigenvalue weighted by Crippen LogP contribution is -2.54. The number of hydrogen-bond acceptors (Lipinski definition) is 7. The molecule has 1 saturated heterocycles. The predicted molar refractivity (Wildman–Crippen MR) is 149 cm³/mol. The van der Waals surface area contributed by atoms with Crippen LogP contribution in [0.15, 0.2) is 78.9 Å². The number of rotatable bonds is 10. The van der Waals surface area contributed by atoms with Crippen LogP contribution >= 0.6 is 0 Å². The molecule has 1 N–H and O–H groups in total. The minimum absolute atomic E-state index is 0.0775. The second-order valence-electron chi connectivity index (χ2n) is 8.94. The van der Waals surface area contributed by atoms with Gasteiger partial charge in [0.05, 0.1) is 17.2 Å². The smallest absolute Gasteiger partial charge is 0.335 e. The van der Waals surface area contributed by atoms with Crippen LogP contribution < -0.4 is 19.7 Å². The zero-order valence-corrected chi connectivity index (χ0v) is 22.0. The van der Waals surface area contributed by atoms with Crippen LogP contribution in [0.2, 0.25) is 0 Å². The number of nitrogens with one attached hydrogen (secondary N) is 1. The Morgan fingerprint density at radius 1 is 1.02 bits per heavy atom. The van der Waals surface area contributed by atoms with Gasteiger partial charge >= 0.3 is 6.03 Å². The topological polar surface area (TPSA) is 128 Å². The Bertz CT molecular complexity index is 1510. The molecule has 0 atom stereocenters. The fourth-order valence-corrected chi connectivity index (χ4v) is 4.12. The summed E-state index contributed by atoms with van der Waals surface area (Å²) in [6.45, 7) is 8.30. The van der Waals surface area contributed by atoms with Crippen molar-refractivity contribution in [2.45, 2.75) is 26.9 Å². The largest absolute Gasteiger partial charge is 0.490 e. The van der Waals surface area contributed by atoms with E-state index >= 15 is 0 Å². The van der Waals surface area contributed by atoms with Gasteiger partial charge in [-0.15, -0.1) is 6.58 Å². The lowest BCUT2D eigenvalue weighted by Gasteiger charge is -2.26. The van der Waals surface area contributed by atoms with E-state index in [1.165, 1.54) is 30.3 Å². The fourth-order valence-electron chi connectivity index (χ4n) is 4.12. The minimum Gasteiger partial charge on any atom is -0.490 e. The Kier molecular flexibility index (Phi) is 8.39. The third kappa shape index (κ3) is 6.07. The molecule has 0 saturated carbocycles. The number of carbonyl (C=O) groups is 3. The highest BCUT2D eigenvalue weighted by Crippen LogP contribution is 2.36. The van der Waals surface area contributed by atoms with Crippen LogP contribution in [-0.4, -0.2) is 29.4 Å². The van der Waals surface area contributed by atoms with Crippen LogP contribution in [0.1, 0.15) is 29.2 Å². The number of benzene rings is 3. The Morgan fingerprint density at radius 3 is 2.35 bits per heavy atom. The Balaban J connectivity index is 1.70. The normalized spacial score (nSPS) is 14.2. The van der Waals surface area contributed by atoms with Gasteiger partial charge in [-0.3, -0.25) is 25.0 Å². The van der Waals surface area contributed by atoms with E-state index in [4.69, 9.17) is 9.47 Å². The number of allylic oxidation sites excluding steroid dienone is 1. The van der Waals surface area contributed by atoms with Gasteiger partial charge in [-0.1, -0.05) is 35.9 Å². The third-order valence-corrected chi connectivity index (χ3v) is 6.05. The number of ether oxygens (including phenoxy) is 2. The average Bonchev–Trinajstić information content (AvgIpc) is 2.92. The first-order chi connectivity index (χ1) is 19.2. The Hall–Kier alpha value is -5.25. The molecule has 40 heavy (non-hydrogen) atoms. The van der Waals surface area contributed by atoms with E-state index in [0.717, 1.165) is 21.6 Å². The molecule has 0 radical (unpaired) electrons. The summed E-state index contributed by atoms with van der Waals surface area (Å²) in [5.74, 6) is -0.791. The van der Waals surface area contributed by atoms with Crippen LogP contribution in [-0.2, 0) is 22.6 Å². The number of hydrogen-bond donors (Lipinski definition) is 1. The first-order valence-corrected chi connectivity index (χ1v) is 12.5. The van der Waals surface area contributed by atoms with Gasteiger partial charge in [0.1, 0.15) is 12.2 Å². The summed E-state index contributed by atoms with van der Waals surface area (Å²) < 4.78 is 12.0. The maximum atomic E-state index is 13.3. The van der Waals surface area contributed by atoms with Crippen molar-refractivity contribution in [3.05, 3.63) is 111 Å². The third-order valence-electron chi connectivity index (χ3n) is 6.05. The highest BCUT2D eigenvalue weighted by atomic mass is 16.6. The number of amides is 4. The summed E-state index contributed by atoms with van der Waals surface area (Å²) >= 11 is 0. The summed E-state index contributed by atoms with van der Waals surface area (Å²) in [7, 11) is 0. The van der Waals surface area contributed by atoms with Crippen LogP contribution in [0.4, 0.5) is 16.2 Å². The minimum atomic E-state index is -0.955. The molecule has 3 aromatic rings. The van der Waals surface area contributed by atoms with Gasteiger partial charge in [-0.05, 0) is 61.7 Å². The van der Waals surface area contributed by atoms with Gasteiger partial charge in [0.15, 0.2) is 11.5 Å². The molecule has 1 fully saturated rings. The van der Waals surface area contributed by atoms with Gasteiger partial charge < -0.3 is 9.47 Å². The lowest BCUT2D eigenvalue weighted by atomic mass is 10.0. The number of barbiturate groups is 1. The molecule has 1 heterocycles. The average molecular weight is 542 g/mol. The molecular weight excluding hydrogens is 514 g/mol. The molecule has 1 aliphatic heterocycles. The number of urea groups is 1. The number of anilines is 1. The van der Waals surface area contributed by atoms with E-state index in [-0.39, 0.29) is 16.9 Å². The quantitative estimate of drug-likeness (QED) is 0.122. The van der Waals surface area contributed by atoms with Crippen molar-refractivity contribution in [3.63, 3.8) is 0 Å². The van der Waals surface area contributed by atoms with Gasteiger partial charge in [0.2, 0.25) is 0 Å². The highest BCUT2D eigenvalue weighted by Gasteiger charge is 2.37. The summed E-state index contributed by atoms with van der Waals surface area (Å²) in [6.07, 6.45) is 3.49. The van der Waals surface area contributed by atoms with E-state index in [0.29, 0.717) is 36.7 Å². The summed E-state index contributed by atoms with van der Waals surface area (Å²) in [5.41, 5.74) is 2.89. The summed E-state index contributed by atoms with van der Waals surface area (Å²) in [6, 6.07) is 15.3. The Morgan fingerprint density at radius 2 is 1.73 bits per heavy atom. The van der Waals surface area contributed by atoms with Crippen molar-refractivity contribution >= 4 is 35.3 Å². The maximum Gasteiger partial charge on any atom is 0.335 e. The second-order valence-corrected chi connectivity index (χ2v) is 8.94. The van der Waals surface area contributed by atoms with Gasteiger partial charge in [0.25, 0.3) is 17.5 Å². The first-order valence-electron chi connectivity index (χ1n) is 12.5. The van der Waals surface area contributed by atoms with Crippen LogP contribution in [0.5, 0.6) is 11.5 Å². The van der Waals surface area contributed by atoms with E-state index in [1.807, 2.05) is 38.1 Å². The second kappa shape index (κ2) is 12.1. The highest BCUT2D eigenvalue weighted by molar-refractivity contribution is 6.39. The molecule has 4 rings (SSSR count). The van der Waals surface area contributed by atoms with E-state index in [1.54, 1.807) is 18.2 Å². The monoisotopic (exact) mass is 541 g/mol. The molecular formula is C30H27N3O7. The van der Waals surface area contributed by atoms with E-state index in [2.05, 4.69) is 11.9 Å². The zero-order valence-electron chi connectivity index (χ0n) is 22.0. The molecule has 10 heteroatoms. The molecule has 0 aliphatic carbocycles. The molecule has 1 aliphatic rings. The van der Waals surface area contributed by atoms with Crippen molar-refractivity contribution in [3.8, 4) is 11.5 Å². The zero-order chi connectivity index (χ0) is 28.8. The first kappa shape index (κ1) is 27.8. The predicted octanol–water partition coefficient (Wildman–Crippen LogP) is 5.28. The van der Waals surface area contributed by atoms with Gasteiger partial charge in [0, 0.05) is 17.7 Å². The molecule has 0 aromatic heterocycles. The van der Waals surface area contributed by atoms with Gasteiger partial charge in [-0.25, -0.2) is 9.69 Å². The molecule has 204 valence electrons. The van der Waals surface area contributed by atoms with Crippen molar-refractivity contribution < 1.29 is 28.8 Å². The molecule has 3 aromatic carbocycles. The number of carbonyl (C=O) groups excluding carboxylic acids is 3. The van der Waals surface area contributed by atoms with Crippen LogP contribution in [0.25, 0.3) is 6.08 Å². The fraction of sp³-hybridized carbons (Fsp3) is 0.167. The standard InChI is InChI=1S/C30H27N3O7/c1-4-6-22-15-21(17-26(39-5-2)27(22)40-18-20-9-7-19(3)8-10-20)16-25-28(34)31-30(36)32(29(25)35)23-11-13-24(14-12-23)33(37)38/h4,7-17H,1,5-6,18H2,2-3H3,(H,31,34,36)/b25-16+. The van der Waals surface area contributed by atoms with Crippen LogP contribution in [0.3, 0.4) is 0 Å². The number of nitro benzene ring substituents is 1. The SMILES string of the molecule is C=CCc1cc(/C=C2\C(=O)NC(=O)N(c3ccc([N+](=O)[O-])cc3)C2=O)cc(OCC)c1OCc1ccc(C)cc1.